The standard InChI is InChI=1S/C15H31N3/c1-11-9-18(10-12(2)17(11)5)13-7-6-8-15(3,4)14(13)16/h11-14H,6-10,16H2,1-5H3. The molecule has 0 aromatic heterocycles. The van der Waals surface area contributed by atoms with E-state index < -0.39 is 0 Å². The Morgan fingerprint density at radius 3 is 2.22 bits per heavy atom. The van der Waals surface area contributed by atoms with Crippen molar-refractivity contribution in [3.8, 4) is 0 Å². The Hall–Kier alpha value is -0.120. The van der Waals surface area contributed by atoms with Gasteiger partial charge in [-0.25, -0.2) is 0 Å². The van der Waals surface area contributed by atoms with Crippen LogP contribution in [0.4, 0.5) is 0 Å². The van der Waals surface area contributed by atoms with E-state index in [4.69, 9.17) is 5.73 Å². The predicted octanol–water partition coefficient (Wildman–Crippen LogP) is 1.92. The molecule has 1 aliphatic heterocycles. The van der Waals surface area contributed by atoms with Crippen LogP contribution in [0.2, 0.25) is 0 Å². The van der Waals surface area contributed by atoms with E-state index in [1.54, 1.807) is 0 Å². The molecule has 4 atom stereocenters. The Labute approximate surface area is 113 Å². The molecule has 0 aromatic rings. The Balaban J connectivity index is 2.07. The molecule has 3 heteroatoms. The van der Waals surface area contributed by atoms with Gasteiger partial charge >= 0.3 is 0 Å². The molecule has 2 aliphatic rings. The maximum Gasteiger partial charge on any atom is 0.0253 e. The highest BCUT2D eigenvalue weighted by molar-refractivity contribution is 4.98. The Morgan fingerprint density at radius 1 is 1.11 bits per heavy atom. The highest BCUT2D eigenvalue weighted by atomic mass is 15.3. The minimum Gasteiger partial charge on any atom is -0.326 e. The summed E-state index contributed by atoms with van der Waals surface area (Å²) in [6.45, 7) is 11.7. The Morgan fingerprint density at radius 2 is 1.67 bits per heavy atom. The smallest absolute Gasteiger partial charge is 0.0253 e. The fraction of sp³-hybridized carbons (Fsp3) is 1.00. The highest BCUT2D eigenvalue weighted by Gasteiger charge is 2.41. The van der Waals surface area contributed by atoms with Gasteiger partial charge in [-0.2, -0.15) is 0 Å². The molecular formula is C15H31N3. The van der Waals surface area contributed by atoms with E-state index in [-0.39, 0.29) is 0 Å². The van der Waals surface area contributed by atoms with Gasteiger partial charge in [0.15, 0.2) is 0 Å². The molecule has 0 aromatic carbocycles. The van der Waals surface area contributed by atoms with Crippen molar-refractivity contribution in [2.75, 3.05) is 20.1 Å². The third-order valence-electron chi connectivity index (χ3n) is 5.49. The normalized spacial score (nSPS) is 43.0. The van der Waals surface area contributed by atoms with Gasteiger partial charge in [-0.1, -0.05) is 20.3 Å². The lowest BCUT2D eigenvalue weighted by Crippen LogP contribution is -2.64. The molecule has 2 N–H and O–H groups in total. The number of likely N-dealkylation sites (N-methyl/N-ethyl adjacent to an activating group) is 1. The van der Waals surface area contributed by atoms with Crippen LogP contribution in [0.15, 0.2) is 0 Å². The van der Waals surface area contributed by atoms with Crippen LogP contribution in [0.5, 0.6) is 0 Å². The van der Waals surface area contributed by atoms with E-state index >= 15 is 0 Å². The Kier molecular flexibility index (Phi) is 4.05. The van der Waals surface area contributed by atoms with Gasteiger partial charge in [-0.05, 0) is 39.2 Å². The maximum atomic E-state index is 6.56. The van der Waals surface area contributed by atoms with Crippen LogP contribution in [-0.2, 0) is 0 Å². The summed E-state index contributed by atoms with van der Waals surface area (Å²) in [7, 11) is 2.25. The van der Waals surface area contributed by atoms with E-state index in [1.165, 1.54) is 32.4 Å². The van der Waals surface area contributed by atoms with E-state index in [0.29, 0.717) is 29.6 Å². The first-order valence-electron chi connectivity index (χ1n) is 7.54. The van der Waals surface area contributed by atoms with Gasteiger partial charge in [0.2, 0.25) is 0 Å². The molecular weight excluding hydrogens is 222 g/mol. The summed E-state index contributed by atoms with van der Waals surface area (Å²) in [6.07, 6.45) is 3.90. The molecule has 3 nitrogen and oxygen atoms in total. The molecule has 0 radical (unpaired) electrons. The minimum atomic E-state index is 0.304. The summed E-state index contributed by atoms with van der Waals surface area (Å²) >= 11 is 0. The zero-order chi connectivity index (χ0) is 13.5. The lowest BCUT2D eigenvalue weighted by atomic mass is 9.70. The van der Waals surface area contributed by atoms with Crippen LogP contribution in [0.25, 0.3) is 0 Å². The monoisotopic (exact) mass is 253 g/mol. The zero-order valence-electron chi connectivity index (χ0n) is 12.8. The molecule has 0 spiro atoms. The van der Waals surface area contributed by atoms with E-state index in [2.05, 4.69) is 44.5 Å². The van der Waals surface area contributed by atoms with Crippen molar-refractivity contribution in [3.63, 3.8) is 0 Å². The van der Waals surface area contributed by atoms with E-state index in [1.807, 2.05) is 0 Å². The number of rotatable bonds is 1. The lowest BCUT2D eigenvalue weighted by Gasteiger charge is -2.51. The van der Waals surface area contributed by atoms with Crippen molar-refractivity contribution < 1.29 is 0 Å². The molecule has 1 heterocycles. The van der Waals surface area contributed by atoms with Crippen LogP contribution in [-0.4, -0.2) is 54.1 Å². The molecule has 4 unspecified atom stereocenters. The molecule has 2 fully saturated rings. The van der Waals surface area contributed by atoms with Crippen LogP contribution in [0.1, 0.15) is 47.0 Å². The van der Waals surface area contributed by atoms with Crippen molar-refractivity contribution in [2.24, 2.45) is 11.1 Å². The minimum absolute atomic E-state index is 0.304. The van der Waals surface area contributed by atoms with Gasteiger partial charge in [0, 0.05) is 37.3 Å². The molecule has 0 amide bonds. The summed E-state index contributed by atoms with van der Waals surface area (Å²) in [4.78, 5) is 5.16. The molecule has 1 saturated carbocycles. The van der Waals surface area contributed by atoms with Gasteiger partial charge < -0.3 is 5.73 Å². The summed E-state index contributed by atoms with van der Waals surface area (Å²) in [6, 6.07) is 2.21. The highest BCUT2D eigenvalue weighted by Crippen LogP contribution is 2.37. The molecule has 18 heavy (non-hydrogen) atoms. The van der Waals surface area contributed by atoms with Gasteiger partial charge in [0.05, 0.1) is 0 Å². The van der Waals surface area contributed by atoms with Crippen LogP contribution in [0, 0.1) is 5.41 Å². The fourth-order valence-corrected chi connectivity index (χ4v) is 3.76. The van der Waals surface area contributed by atoms with Crippen LogP contribution in [0.3, 0.4) is 0 Å². The number of hydrogen-bond donors (Lipinski definition) is 1. The second kappa shape index (κ2) is 5.10. The third-order valence-corrected chi connectivity index (χ3v) is 5.49. The molecule has 2 rings (SSSR count). The lowest BCUT2D eigenvalue weighted by molar-refractivity contribution is -0.00534. The van der Waals surface area contributed by atoms with Gasteiger partial charge in [-0.3, -0.25) is 9.80 Å². The number of hydrogen-bond acceptors (Lipinski definition) is 3. The number of nitrogens with two attached hydrogens (primary N) is 1. The summed E-state index contributed by atoms with van der Waals surface area (Å²) in [5, 5.41) is 0. The SMILES string of the molecule is CC1CN(C2CCCC(C)(C)C2N)CC(C)N1C. The summed E-state index contributed by atoms with van der Waals surface area (Å²) < 4.78 is 0. The van der Waals surface area contributed by atoms with Crippen molar-refractivity contribution in [2.45, 2.75) is 71.1 Å². The average molecular weight is 253 g/mol. The van der Waals surface area contributed by atoms with Gasteiger partial charge in [0.25, 0.3) is 0 Å². The largest absolute Gasteiger partial charge is 0.326 e. The Bertz CT molecular complexity index is 277. The van der Waals surface area contributed by atoms with Crippen molar-refractivity contribution in [3.05, 3.63) is 0 Å². The molecule has 106 valence electrons. The van der Waals surface area contributed by atoms with E-state index in [0.717, 1.165) is 0 Å². The van der Waals surface area contributed by atoms with Crippen molar-refractivity contribution in [1.82, 2.24) is 9.80 Å². The first kappa shape index (κ1) is 14.3. The maximum absolute atomic E-state index is 6.56. The van der Waals surface area contributed by atoms with Crippen LogP contribution < -0.4 is 5.73 Å². The van der Waals surface area contributed by atoms with Gasteiger partial charge in [-0.15, -0.1) is 0 Å². The van der Waals surface area contributed by atoms with Crippen molar-refractivity contribution >= 4 is 0 Å². The van der Waals surface area contributed by atoms with Crippen LogP contribution >= 0.6 is 0 Å². The first-order chi connectivity index (χ1) is 8.33. The van der Waals surface area contributed by atoms with E-state index in [9.17, 15) is 0 Å². The summed E-state index contributed by atoms with van der Waals surface area (Å²) in [5.41, 5.74) is 6.86. The predicted molar refractivity (Wildman–Crippen MR) is 77.7 cm³/mol. The third kappa shape index (κ3) is 2.59. The first-order valence-corrected chi connectivity index (χ1v) is 7.54. The average Bonchev–Trinajstić information content (AvgIpc) is 2.29. The second-order valence-electron chi connectivity index (χ2n) is 7.29. The molecule has 0 bridgehead atoms. The van der Waals surface area contributed by atoms with Crippen molar-refractivity contribution in [1.29, 1.82) is 0 Å². The van der Waals surface area contributed by atoms with Gasteiger partial charge in [0.1, 0.15) is 0 Å². The quantitative estimate of drug-likeness (QED) is 0.775. The molecule has 1 saturated heterocycles. The fourth-order valence-electron chi connectivity index (χ4n) is 3.76. The number of piperazine rings is 1. The zero-order valence-corrected chi connectivity index (χ0v) is 12.8. The number of nitrogens with zero attached hydrogens (tertiary/aromatic N) is 2. The second-order valence-corrected chi connectivity index (χ2v) is 7.29. The molecule has 1 aliphatic carbocycles. The topological polar surface area (TPSA) is 32.5 Å². The summed E-state index contributed by atoms with van der Waals surface area (Å²) in [5.74, 6) is 0.